The summed E-state index contributed by atoms with van der Waals surface area (Å²) in [6, 6.07) is 9.16. The average Bonchev–Trinajstić information content (AvgIpc) is 3.04. The number of nitrogens with one attached hydrogen (secondary N) is 1. The largest absolute Gasteiger partial charge is 0.390 e. The van der Waals surface area contributed by atoms with Gasteiger partial charge in [0.15, 0.2) is 5.79 Å². The first-order chi connectivity index (χ1) is 12.4. The first-order valence-corrected chi connectivity index (χ1v) is 10.2. The lowest BCUT2D eigenvalue weighted by Crippen LogP contribution is -2.52. The lowest BCUT2D eigenvalue weighted by Gasteiger charge is -2.48. The van der Waals surface area contributed by atoms with Crippen LogP contribution in [-0.2, 0) is 15.9 Å². The predicted octanol–water partition coefficient (Wildman–Crippen LogP) is 3.73. The maximum Gasteiger partial charge on any atom is 0.168 e. The first-order valence-electron chi connectivity index (χ1n) is 10.2. The van der Waals surface area contributed by atoms with Crippen molar-refractivity contribution in [3.63, 3.8) is 0 Å². The Balaban J connectivity index is 1.25. The average molecular weight is 360 g/mol. The van der Waals surface area contributed by atoms with E-state index in [2.05, 4.69) is 43.4 Å². The number of benzene rings is 1. The van der Waals surface area contributed by atoms with Crippen LogP contribution in [0.3, 0.4) is 0 Å². The van der Waals surface area contributed by atoms with Gasteiger partial charge in [-0.15, -0.1) is 0 Å². The molecule has 144 valence electrons. The van der Waals surface area contributed by atoms with Gasteiger partial charge in [0.1, 0.15) is 0 Å². The summed E-state index contributed by atoms with van der Waals surface area (Å²) in [4.78, 5) is 0. The summed E-state index contributed by atoms with van der Waals surface area (Å²) < 4.78 is 12.2. The second-order valence-corrected chi connectivity index (χ2v) is 9.37. The summed E-state index contributed by atoms with van der Waals surface area (Å²) in [5.41, 5.74) is 2.42. The molecular weight excluding hydrogens is 326 g/mol. The number of rotatable bonds is 4. The minimum absolute atomic E-state index is 0.0977. The monoisotopic (exact) mass is 359 g/mol. The highest BCUT2D eigenvalue weighted by molar-refractivity contribution is 5.34. The van der Waals surface area contributed by atoms with Crippen LogP contribution in [0.1, 0.15) is 69.5 Å². The highest BCUT2D eigenvalue weighted by atomic mass is 16.7. The van der Waals surface area contributed by atoms with E-state index < -0.39 is 11.4 Å². The van der Waals surface area contributed by atoms with E-state index >= 15 is 0 Å². The minimum Gasteiger partial charge on any atom is -0.390 e. The summed E-state index contributed by atoms with van der Waals surface area (Å²) in [7, 11) is 0. The van der Waals surface area contributed by atoms with E-state index in [9.17, 15) is 5.11 Å². The maximum atomic E-state index is 11.0. The van der Waals surface area contributed by atoms with E-state index in [1.165, 1.54) is 17.5 Å². The van der Waals surface area contributed by atoms with Gasteiger partial charge in [0, 0.05) is 24.3 Å². The van der Waals surface area contributed by atoms with Crippen molar-refractivity contribution >= 4 is 0 Å². The molecule has 0 radical (unpaired) electrons. The van der Waals surface area contributed by atoms with Gasteiger partial charge in [-0.3, -0.25) is 0 Å². The SMILES string of the molecule is CC1(C)COC2(CCC(O)(CCNC3CCc4ccccc43)CC2)OC1. The molecular formula is C22H33NO3. The Morgan fingerprint density at radius 1 is 1.08 bits per heavy atom. The fourth-order valence-electron chi connectivity index (χ4n) is 4.62. The Labute approximate surface area is 157 Å². The van der Waals surface area contributed by atoms with E-state index in [0.717, 1.165) is 58.3 Å². The summed E-state index contributed by atoms with van der Waals surface area (Å²) in [6.45, 7) is 6.69. The lowest BCUT2D eigenvalue weighted by molar-refractivity contribution is -0.319. The molecule has 1 saturated carbocycles. The van der Waals surface area contributed by atoms with Crippen molar-refractivity contribution < 1.29 is 14.6 Å². The molecule has 3 aliphatic rings. The second kappa shape index (κ2) is 6.90. The van der Waals surface area contributed by atoms with E-state index in [1.54, 1.807) is 0 Å². The van der Waals surface area contributed by atoms with Gasteiger partial charge in [-0.2, -0.15) is 0 Å². The van der Waals surface area contributed by atoms with Crippen molar-refractivity contribution in [2.45, 2.75) is 76.2 Å². The molecule has 4 heteroatoms. The van der Waals surface area contributed by atoms with Gasteiger partial charge >= 0.3 is 0 Å². The van der Waals surface area contributed by atoms with Gasteiger partial charge in [-0.25, -0.2) is 0 Å². The molecule has 1 aromatic carbocycles. The zero-order valence-corrected chi connectivity index (χ0v) is 16.2. The van der Waals surface area contributed by atoms with Crippen LogP contribution in [0, 0.1) is 5.41 Å². The molecule has 0 amide bonds. The molecule has 1 aliphatic heterocycles. The van der Waals surface area contributed by atoms with Crippen LogP contribution in [0.5, 0.6) is 0 Å². The maximum absolute atomic E-state index is 11.0. The highest BCUT2D eigenvalue weighted by Gasteiger charge is 2.46. The lowest BCUT2D eigenvalue weighted by atomic mass is 9.78. The molecule has 1 unspecified atom stereocenters. The third kappa shape index (κ3) is 3.84. The summed E-state index contributed by atoms with van der Waals surface area (Å²) in [5.74, 6) is -0.445. The summed E-state index contributed by atoms with van der Waals surface area (Å²) in [6.07, 6.45) is 6.24. The van der Waals surface area contributed by atoms with Crippen molar-refractivity contribution in [1.29, 1.82) is 0 Å². The fourth-order valence-corrected chi connectivity index (χ4v) is 4.62. The number of aliphatic hydroxyl groups is 1. The number of fused-ring (bicyclic) bond motifs is 1. The normalized spacial score (nSPS) is 28.8. The number of hydrogen-bond donors (Lipinski definition) is 2. The molecule has 4 rings (SSSR count). The van der Waals surface area contributed by atoms with Crippen LogP contribution >= 0.6 is 0 Å². The topological polar surface area (TPSA) is 50.7 Å². The molecule has 4 nitrogen and oxygen atoms in total. The van der Waals surface area contributed by atoms with Crippen molar-refractivity contribution in [2.24, 2.45) is 5.41 Å². The quantitative estimate of drug-likeness (QED) is 0.860. The fraction of sp³-hybridized carbons (Fsp3) is 0.727. The molecule has 2 N–H and O–H groups in total. The van der Waals surface area contributed by atoms with Crippen molar-refractivity contribution in [3.8, 4) is 0 Å². The molecule has 1 aromatic rings. The van der Waals surface area contributed by atoms with Gasteiger partial charge in [0.25, 0.3) is 0 Å². The third-order valence-corrected chi connectivity index (χ3v) is 6.51. The van der Waals surface area contributed by atoms with Crippen LogP contribution in [-0.4, -0.2) is 36.3 Å². The van der Waals surface area contributed by atoms with Gasteiger partial charge < -0.3 is 19.9 Å². The molecule has 1 saturated heterocycles. The van der Waals surface area contributed by atoms with E-state index in [1.807, 2.05) is 0 Å². The van der Waals surface area contributed by atoms with Crippen molar-refractivity contribution in [2.75, 3.05) is 19.8 Å². The minimum atomic E-state index is -0.587. The van der Waals surface area contributed by atoms with E-state index in [0.29, 0.717) is 6.04 Å². The third-order valence-electron chi connectivity index (χ3n) is 6.51. The van der Waals surface area contributed by atoms with Gasteiger partial charge in [0.05, 0.1) is 18.8 Å². The first kappa shape index (κ1) is 18.4. The standard InChI is InChI=1S/C22H33NO3/c1-20(2)15-25-22(26-16-20)11-9-21(24,10-12-22)13-14-23-19-8-7-17-5-3-4-6-18(17)19/h3-6,19,23-24H,7-16H2,1-2H3. The summed E-state index contributed by atoms with van der Waals surface area (Å²) >= 11 is 0. The number of ether oxygens (including phenoxy) is 2. The molecule has 2 fully saturated rings. The van der Waals surface area contributed by atoms with Crippen LogP contribution in [0.2, 0.25) is 0 Å². The highest BCUT2D eigenvalue weighted by Crippen LogP contribution is 2.43. The van der Waals surface area contributed by atoms with E-state index in [4.69, 9.17) is 9.47 Å². The molecule has 1 heterocycles. The van der Waals surface area contributed by atoms with Crippen LogP contribution in [0.4, 0.5) is 0 Å². The Hall–Kier alpha value is -0.940. The zero-order valence-electron chi connectivity index (χ0n) is 16.2. The molecule has 26 heavy (non-hydrogen) atoms. The van der Waals surface area contributed by atoms with E-state index in [-0.39, 0.29) is 5.41 Å². The Morgan fingerprint density at radius 2 is 1.77 bits per heavy atom. The molecule has 0 bridgehead atoms. The van der Waals surface area contributed by atoms with Crippen molar-refractivity contribution in [3.05, 3.63) is 35.4 Å². The van der Waals surface area contributed by atoms with Crippen LogP contribution < -0.4 is 5.32 Å². The predicted molar refractivity (Wildman–Crippen MR) is 102 cm³/mol. The number of aryl methyl sites for hydroxylation is 1. The summed E-state index contributed by atoms with van der Waals surface area (Å²) in [5, 5.41) is 14.7. The van der Waals surface area contributed by atoms with Crippen molar-refractivity contribution in [1.82, 2.24) is 5.32 Å². The number of hydrogen-bond acceptors (Lipinski definition) is 4. The molecule has 0 aromatic heterocycles. The Bertz CT molecular complexity index is 622. The van der Waals surface area contributed by atoms with Crippen LogP contribution in [0.25, 0.3) is 0 Å². The van der Waals surface area contributed by atoms with Gasteiger partial charge in [-0.05, 0) is 49.8 Å². The Kier molecular flexibility index (Phi) is 4.89. The second-order valence-electron chi connectivity index (χ2n) is 9.37. The van der Waals surface area contributed by atoms with Crippen LogP contribution in [0.15, 0.2) is 24.3 Å². The molecule has 1 atom stereocenters. The van der Waals surface area contributed by atoms with Gasteiger partial charge in [-0.1, -0.05) is 38.1 Å². The zero-order chi connectivity index (χ0) is 18.3. The molecule has 1 spiro atoms. The smallest absolute Gasteiger partial charge is 0.168 e. The Morgan fingerprint density at radius 3 is 2.50 bits per heavy atom. The van der Waals surface area contributed by atoms with Gasteiger partial charge in [0.2, 0.25) is 0 Å². The molecule has 2 aliphatic carbocycles.